The third-order valence-corrected chi connectivity index (χ3v) is 2.39. The maximum absolute atomic E-state index is 12.8. The summed E-state index contributed by atoms with van der Waals surface area (Å²) in [5, 5.41) is 0. The minimum atomic E-state index is -6.42. The zero-order valence-corrected chi connectivity index (χ0v) is 10.9. The second kappa shape index (κ2) is 6.62. The van der Waals surface area contributed by atoms with Gasteiger partial charge in [0.15, 0.2) is 6.61 Å². The summed E-state index contributed by atoms with van der Waals surface area (Å²) < 4.78 is 89.5. The summed E-state index contributed by atoms with van der Waals surface area (Å²) in [6.07, 6.45) is -5.88. The molecule has 0 saturated heterocycles. The van der Waals surface area contributed by atoms with Crippen molar-refractivity contribution in [3.63, 3.8) is 0 Å². The van der Waals surface area contributed by atoms with Crippen molar-refractivity contribution in [2.45, 2.75) is 51.1 Å². The molecule has 0 spiro atoms. The number of halogens is 7. The Morgan fingerprint density at radius 2 is 1.55 bits per heavy atom. The van der Waals surface area contributed by atoms with E-state index in [1.165, 1.54) is 0 Å². The number of carbonyl (C=O) groups is 1. The minimum absolute atomic E-state index is 0.235. The molecule has 0 aliphatic rings. The third-order valence-electron chi connectivity index (χ3n) is 2.39. The Labute approximate surface area is 111 Å². The van der Waals surface area contributed by atoms with E-state index in [4.69, 9.17) is 0 Å². The summed E-state index contributed by atoms with van der Waals surface area (Å²) in [6.45, 7) is 1.37. The van der Waals surface area contributed by atoms with Crippen LogP contribution in [0.15, 0.2) is 0 Å². The zero-order valence-electron chi connectivity index (χ0n) is 10.9. The Morgan fingerprint density at radius 1 is 1.05 bits per heavy atom. The summed E-state index contributed by atoms with van der Waals surface area (Å²) >= 11 is 0. The van der Waals surface area contributed by atoms with Crippen LogP contribution < -0.4 is 0 Å². The van der Waals surface area contributed by atoms with Gasteiger partial charge >= 0.3 is 24.0 Å². The summed E-state index contributed by atoms with van der Waals surface area (Å²) in [5.41, 5.74) is 0. The monoisotopic (exact) mass is 312 g/mol. The van der Waals surface area contributed by atoms with Gasteiger partial charge in [0, 0.05) is 6.42 Å². The van der Waals surface area contributed by atoms with Gasteiger partial charge in [-0.15, -0.1) is 0 Å². The normalized spacial score (nSPS) is 13.7. The Balaban J connectivity index is 4.39. The molecule has 0 atom stereocenters. The van der Waals surface area contributed by atoms with E-state index in [1.807, 2.05) is 13.8 Å². The maximum Gasteiger partial charge on any atom is 0.460 e. The van der Waals surface area contributed by atoms with Crippen molar-refractivity contribution in [2.24, 2.45) is 5.92 Å². The van der Waals surface area contributed by atoms with Crippen molar-refractivity contribution < 1.29 is 40.3 Å². The summed E-state index contributed by atoms with van der Waals surface area (Å²) in [4.78, 5) is 11.0. The molecule has 0 amide bonds. The van der Waals surface area contributed by atoms with E-state index in [0.717, 1.165) is 0 Å². The smallest absolute Gasteiger partial charge is 0.459 e. The lowest BCUT2D eigenvalue weighted by Gasteiger charge is -2.27. The molecule has 120 valence electrons. The van der Waals surface area contributed by atoms with E-state index >= 15 is 0 Å². The lowest BCUT2D eigenvalue weighted by atomic mass is 10.1. The summed E-state index contributed by atoms with van der Waals surface area (Å²) in [6, 6.07) is 0. The molecule has 0 heterocycles. The van der Waals surface area contributed by atoms with Crippen LogP contribution >= 0.6 is 0 Å². The Kier molecular flexibility index (Phi) is 6.28. The lowest BCUT2D eigenvalue weighted by molar-refractivity contribution is -0.359. The molecule has 0 bridgehead atoms. The SMILES string of the molecule is CC(C)CCCC(=O)OCC(F)(F)C(F)(F)C(F)(F)F. The van der Waals surface area contributed by atoms with Gasteiger partial charge in [0.25, 0.3) is 0 Å². The lowest BCUT2D eigenvalue weighted by Crippen LogP contribution is -2.54. The van der Waals surface area contributed by atoms with E-state index in [0.29, 0.717) is 6.42 Å². The van der Waals surface area contributed by atoms with Crippen molar-refractivity contribution in [3.05, 3.63) is 0 Å². The molecule has 0 aromatic heterocycles. The fraction of sp³-hybridized carbons (Fsp3) is 0.909. The highest BCUT2D eigenvalue weighted by Gasteiger charge is 2.73. The first kappa shape index (κ1) is 19.0. The molecular weight excluding hydrogens is 297 g/mol. The Hall–Kier alpha value is -1.02. The molecule has 0 unspecified atom stereocenters. The first-order chi connectivity index (χ1) is 8.81. The Bertz CT molecular complexity index is 323. The van der Waals surface area contributed by atoms with Crippen molar-refractivity contribution in [3.8, 4) is 0 Å². The van der Waals surface area contributed by atoms with Crippen LogP contribution in [0.4, 0.5) is 30.7 Å². The highest BCUT2D eigenvalue weighted by Crippen LogP contribution is 2.46. The van der Waals surface area contributed by atoms with Gasteiger partial charge in [-0.25, -0.2) is 0 Å². The van der Waals surface area contributed by atoms with Crippen molar-refractivity contribution in [1.82, 2.24) is 0 Å². The topological polar surface area (TPSA) is 26.3 Å². The second-order valence-corrected chi connectivity index (χ2v) is 4.72. The van der Waals surface area contributed by atoms with Gasteiger partial charge in [-0.2, -0.15) is 30.7 Å². The van der Waals surface area contributed by atoms with Crippen molar-refractivity contribution in [1.29, 1.82) is 0 Å². The quantitative estimate of drug-likeness (QED) is 0.520. The molecule has 0 aromatic rings. The molecule has 0 fully saturated rings. The van der Waals surface area contributed by atoms with Crippen molar-refractivity contribution in [2.75, 3.05) is 6.61 Å². The molecule has 0 N–H and O–H groups in total. The average Bonchev–Trinajstić information content (AvgIpc) is 2.24. The van der Waals surface area contributed by atoms with Gasteiger partial charge in [0.2, 0.25) is 0 Å². The van der Waals surface area contributed by atoms with Crippen LogP contribution in [0.2, 0.25) is 0 Å². The molecule has 0 rings (SSSR count). The van der Waals surface area contributed by atoms with E-state index in [2.05, 4.69) is 4.74 Å². The molecule has 0 aliphatic carbocycles. The predicted octanol–water partition coefficient (Wildman–Crippen LogP) is 4.19. The van der Waals surface area contributed by atoms with Crippen LogP contribution in [0.5, 0.6) is 0 Å². The molecule has 2 nitrogen and oxygen atoms in total. The molecular formula is C11H15F7O2. The summed E-state index contributed by atoms with van der Waals surface area (Å²) in [7, 11) is 0. The fourth-order valence-corrected chi connectivity index (χ4v) is 1.20. The number of hydrogen-bond acceptors (Lipinski definition) is 2. The van der Waals surface area contributed by atoms with Crippen LogP contribution in [-0.2, 0) is 9.53 Å². The predicted molar refractivity (Wildman–Crippen MR) is 55.6 cm³/mol. The first-order valence-corrected chi connectivity index (χ1v) is 5.79. The third kappa shape index (κ3) is 5.16. The van der Waals surface area contributed by atoms with Gasteiger partial charge in [-0.3, -0.25) is 4.79 Å². The van der Waals surface area contributed by atoms with Crippen LogP contribution in [0.3, 0.4) is 0 Å². The molecule has 0 aliphatic heterocycles. The van der Waals surface area contributed by atoms with Crippen LogP contribution in [0.1, 0.15) is 33.1 Å². The van der Waals surface area contributed by atoms with Crippen LogP contribution in [-0.4, -0.2) is 30.6 Å². The van der Waals surface area contributed by atoms with Gasteiger partial charge in [0.05, 0.1) is 0 Å². The standard InChI is InChI=1S/C11H15F7O2/c1-7(2)4-3-5-8(19)20-6-9(12,13)10(14,15)11(16,17)18/h7H,3-6H2,1-2H3. The van der Waals surface area contributed by atoms with Crippen LogP contribution in [0, 0.1) is 5.92 Å². The number of rotatable bonds is 7. The highest BCUT2D eigenvalue weighted by atomic mass is 19.4. The fourth-order valence-electron chi connectivity index (χ4n) is 1.20. The van der Waals surface area contributed by atoms with Gasteiger partial charge in [-0.05, 0) is 12.3 Å². The molecule has 0 aromatic carbocycles. The number of esters is 1. The first-order valence-electron chi connectivity index (χ1n) is 5.79. The van der Waals surface area contributed by atoms with E-state index in [9.17, 15) is 35.5 Å². The van der Waals surface area contributed by atoms with Crippen molar-refractivity contribution >= 4 is 5.97 Å². The van der Waals surface area contributed by atoms with Gasteiger partial charge in [0.1, 0.15) is 0 Å². The van der Waals surface area contributed by atoms with Gasteiger partial charge < -0.3 is 4.74 Å². The highest BCUT2D eigenvalue weighted by molar-refractivity contribution is 5.69. The number of hydrogen-bond donors (Lipinski definition) is 0. The molecule has 20 heavy (non-hydrogen) atoms. The molecule has 9 heteroatoms. The van der Waals surface area contributed by atoms with E-state index in [1.54, 1.807) is 0 Å². The summed E-state index contributed by atoms with van der Waals surface area (Å²) in [5.74, 6) is -12.8. The van der Waals surface area contributed by atoms with Crippen LogP contribution in [0.25, 0.3) is 0 Å². The molecule has 0 radical (unpaired) electrons. The number of ether oxygens (including phenoxy) is 1. The van der Waals surface area contributed by atoms with E-state index < -0.39 is 30.6 Å². The van der Waals surface area contributed by atoms with Gasteiger partial charge in [-0.1, -0.05) is 20.3 Å². The maximum atomic E-state index is 12.8. The Morgan fingerprint density at radius 3 is 1.95 bits per heavy atom. The minimum Gasteiger partial charge on any atom is -0.459 e. The van der Waals surface area contributed by atoms with E-state index in [-0.39, 0.29) is 18.8 Å². The molecule has 0 saturated carbocycles. The average molecular weight is 312 g/mol. The zero-order chi connectivity index (χ0) is 16.2. The number of carbonyl (C=O) groups excluding carboxylic acids is 1. The number of alkyl halides is 7. The largest absolute Gasteiger partial charge is 0.460 e. The second-order valence-electron chi connectivity index (χ2n) is 4.72.